The van der Waals surface area contributed by atoms with Crippen molar-refractivity contribution < 1.29 is 14.3 Å². The number of para-hydroxylation sites is 1. The van der Waals surface area contributed by atoms with Gasteiger partial charge in [-0.1, -0.05) is 63.6 Å². The lowest BCUT2D eigenvalue weighted by molar-refractivity contribution is -0.140. The van der Waals surface area contributed by atoms with Crippen LogP contribution >= 0.6 is 23.1 Å². The number of hydrogen-bond acceptors (Lipinski definition) is 7. The Hall–Kier alpha value is -2.16. The van der Waals surface area contributed by atoms with Crippen LogP contribution in [-0.2, 0) is 27.3 Å². The van der Waals surface area contributed by atoms with E-state index in [1.54, 1.807) is 4.57 Å². The van der Waals surface area contributed by atoms with Gasteiger partial charge in [0.15, 0.2) is 5.16 Å². The number of thiophene rings is 1. The zero-order valence-corrected chi connectivity index (χ0v) is 21.0. The summed E-state index contributed by atoms with van der Waals surface area (Å²) in [6, 6.07) is 9.49. The molecule has 6 nitrogen and oxygen atoms in total. The number of fused-ring (bicyclic) bond motifs is 3. The number of ether oxygens (including phenoxy) is 2. The fourth-order valence-corrected chi connectivity index (χ4v) is 5.92. The molecule has 0 bridgehead atoms. The lowest BCUT2D eigenvalue weighted by Crippen LogP contribution is -2.28. The third kappa shape index (κ3) is 5.34. The number of aromatic nitrogens is 2. The van der Waals surface area contributed by atoms with Gasteiger partial charge >= 0.3 is 5.97 Å². The SMILES string of the molecule is CCCCCOC(=O)CSc1nc2sc3c(c2c(=O)n1-c1ccccc1)C[C@@H](C(C)C)OC3. The molecule has 2 aromatic heterocycles. The van der Waals surface area contributed by atoms with Crippen LogP contribution in [0, 0.1) is 5.92 Å². The molecule has 0 amide bonds. The molecule has 0 saturated heterocycles. The van der Waals surface area contributed by atoms with Gasteiger partial charge in [-0.25, -0.2) is 4.98 Å². The number of rotatable bonds is 9. The molecule has 3 heterocycles. The van der Waals surface area contributed by atoms with Crippen molar-refractivity contribution in [2.45, 2.75) is 64.3 Å². The van der Waals surface area contributed by atoms with E-state index in [0.29, 0.717) is 34.5 Å². The maximum Gasteiger partial charge on any atom is 0.316 e. The Morgan fingerprint density at radius 3 is 2.82 bits per heavy atom. The van der Waals surface area contributed by atoms with E-state index in [2.05, 4.69) is 20.8 Å². The van der Waals surface area contributed by atoms with Crippen LogP contribution in [0.15, 0.2) is 40.3 Å². The molecule has 0 saturated carbocycles. The molecule has 0 aliphatic carbocycles. The summed E-state index contributed by atoms with van der Waals surface area (Å²) in [6.45, 7) is 7.33. The fraction of sp³-hybridized carbons (Fsp3) is 0.480. The van der Waals surface area contributed by atoms with Gasteiger partial charge in [0, 0.05) is 11.3 Å². The van der Waals surface area contributed by atoms with E-state index in [9.17, 15) is 9.59 Å². The van der Waals surface area contributed by atoms with Crippen LogP contribution in [0.2, 0.25) is 0 Å². The first-order valence-electron chi connectivity index (χ1n) is 11.5. The average Bonchev–Trinajstić information content (AvgIpc) is 3.19. The van der Waals surface area contributed by atoms with Gasteiger partial charge in [0.05, 0.1) is 36.1 Å². The number of thioether (sulfide) groups is 1. The Morgan fingerprint density at radius 1 is 1.30 bits per heavy atom. The largest absolute Gasteiger partial charge is 0.465 e. The normalized spacial score (nSPS) is 15.7. The van der Waals surface area contributed by atoms with Crippen molar-refractivity contribution in [3.05, 3.63) is 51.1 Å². The molecule has 0 radical (unpaired) electrons. The summed E-state index contributed by atoms with van der Waals surface area (Å²) in [7, 11) is 0. The molecule has 33 heavy (non-hydrogen) atoms. The summed E-state index contributed by atoms with van der Waals surface area (Å²) >= 11 is 2.77. The summed E-state index contributed by atoms with van der Waals surface area (Å²) < 4.78 is 13.0. The number of carbonyl (C=O) groups excluding carboxylic acids is 1. The van der Waals surface area contributed by atoms with Crippen LogP contribution in [0.3, 0.4) is 0 Å². The number of unbranched alkanes of at least 4 members (excludes halogenated alkanes) is 2. The Labute approximate surface area is 202 Å². The molecular formula is C25H30N2O4S2. The summed E-state index contributed by atoms with van der Waals surface area (Å²) in [5, 5.41) is 1.18. The van der Waals surface area contributed by atoms with Crippen LogP contribution in [0.25, 0.3) is 15.9 Å². The van der Waals surface area contributed by atoms with Gasteiger partial charge in [-0.15, -0.1) is 11.3 Å². The smallest absolute Gasteiger partial charge is 0.316 e. The van der Waals surface area contributed by atoms with Gasteiger partial charge in [-0.2, -0.15) is 0 Å². The zero-order chi connectivity index (χ0) is 23.4. The van der Waals surface area contributed by atoms with Crippen LogP contribution < -0.4 is 5.56 Å². The van der Waals surface area contributed by atoms with Crippen LogP contribution in [0.1, 0.15) is 50.5 Å². The minimum Gasteiger partial charge on any atom is -0.465 e. The first-order valence-corrected chi connectivity index (χ1v) is 13.3. The van der Waals surface area contributed by atoms with E-state index in [-0.39, 0.29) is 23.4 Å². The topological polar surface area (TPSA) is 70.4 Å². The van der Waals surface area contributed by atoms with Gasteiger partial charge in [-0.3, -0.25) is 14.2 Å². The van der Waals surface area contributed by atoms with Crippen LogP contribution in [0.5, 0.6) is 0 Å². The fourth-order valence-electron chi connectivity index (χ4n) is 3.94. The second-order valence-corrected chi connectivity index (χ2v) is 10.6. The summed E-state index contributed by atoms with van der Waals surface area (Å²) in [5.74, 6) is 0.194. The maximum absolute atomic E-state index is 13.8. The predicted octanol–water partition coefficient (Wildman–Crippen LogP) is 5.37. The lowest BCUT2D eigenvalue weighted by atomic mass is 9.96. The molecule has 3 aromatic rings. The van der Waals surface area contributed by atoms with Gasteiger partial charge in [0.1, 0.15) is 4.83 Å². The van der Waals surface area contributed by atoms with Crippen molar-refractivity contribution >= 4 is 39.3 Å². The number of esters is 1. The zero-order valence-electron chi connectivity index (χ0n) is 19.3. The van der Waals surface area contributed by atoms with E-state index in [1.807, 2.05) is 30.3 Å². The Balaban J connectivity index is 1.69. The van der Waals surface area contributed by atoms with Crippen LogP contribution in [-0.4, -0.2) is 34.0 Å². The average molecular weight is 487 g/mol. The molecule has 1 aliphatic rings. The maximum atomic E-state index is 13.8. The molecule has 1 aliphatic heterocycles. The summed E-state index contributed by atoms with van der Waals surface area (Å²) in [4.78, 5) is 32.7. The van der Waals surface area contributed by atoms with Crippen LogP contribution in [0.4, 0.5) is 0 Å². The highest BCUT2D eigenvalue weighted by atomic mass is 32.2. The second kappa shape index (κ2) is 10.8. The standard InChI is InChI=1S/C25H30N2O4S2/c1-4-5-9-12-30-21(28)15-32-25-26-23-22(24(29)27(25)17-10-7-6-8-11-17)18-13-19(16(2)3)31-14-20(18)33-23/h6-8,10-11,16,19H,4-5,9,12-15H2,1-3H3/t19-/m0/s1. The monoisotopic (exact) mass is 486 g/mol. The number of carbonyl (C=O) groups is 1. The minimum absolute atomic E-state index is 0.0908. The van der Waals surface area contributed by atoms with Crippen molar-refractivity contribution in [3.8, 4) is 5.69 Å². The van der Waals surface area contributed by atoms with Gasteiger partial charge in [0.25, 0.3) is 5.56 Å². The van der Waals surface area contributed by atoms with Gasteiger partial charge in [-0.05, 0) is 30.0 Å². The van der Waals surface area contributed by atoms with E-state index in [0.717, 1.165) is 41.8 Å². The van der Waals surface area contributed by atoms with Crippen molar-refractivity contribution in [1.29, 1.82) is 0 Å². The summed E-state index contributed by atoms with van der Waals surface area (Å²) in [5.41, 5.74) is 1.71. The first kappa shape index (κ1) is 24.0. The molecule has 176 valence electrons. The van der Waals surface area contributed by atoms with Gasteiger partial charge < -0.3 is 9.47 Å². The highest BCUT2D eigenvalue weighted by Gasteiger charge is 2.29. The van der Waals surface area contributed by atoms with Crippen molar-refractivity contribution in [1.82, 2.24) is 9.55 Å². The number of hydrogen-bond donors (Lipinski definition) is 0. The third-order valence-electron chi connectivity index (χ3n) is 5.80. The molecule has 1 aromatic carbocycles. The van der Waals surface area contributed by atoms with Crippen molar-refractivity contribution in [2.24, 2.45) is 5.92 Å². The third-order valence-corrected chi connectivity index (χ3v) is 7.81. The van der Waals surface area contributed by atoms with E-state index >= 15 is 0 Å². The predicted molar refractivity (Wildman–Crippen MR) is 134 cm³/mol. The molecule has 1 atom stereocenters. The lowest BCUT2D eigenvalue weighted by Gasteiger charge is -2.26. The molecule has 4 rings (SSSR count). The quantitative estimate of drug-likeness (QED) is 0.175. The second-order valence-electron chi connectivity index (χ2n) is 8.57. The number of nitrogens with zero attached hydrogens (tertiary/aromatic N) is 2. The molecule has 0 N–H and O–H groups in total. The first-order chi connectivity index (χ1) is 16.0. The highest BCUT2D eigenvalue weighted by Crippen LogP contribution is 2.36. The molecule has 0 spiro atoms. The molecule has 0 fully saturated rings. The van der Waals surface area contributed by atoms with E-state index in [4.69, 9.17) is 14.5 Å². The van der Waals surface area contributed by atoms with E-state index in [1.165, 1.54) is 23.1 Å². The Morgan fingerprint density at radius 2 is 2.09 bits per heavy atom. The Kier molecular flexibility index (Phi) is 7.88. The Bertz CT molecular complexity index is 1170. The van der Waals surface area contributed by atoms with E-state index < -0.39 is 0 Å². The molecular weight excluding hydrogens is 456 g/mol. The molecule has 8 heteroatoms. The highest BCUT2D eigenvalue weighted by molar-refractivity contribution is 7.99. The van der Waals surface area contributed by atoms with Gasteiger partial charge in [0.2, 0.25) is 0 Å². The number of benzene rings is 1. The molecule has 0 unspecified atom stereocenters. The van der Waals surface area contributed by atoms with Crippen molar-refractivity contribution in [2.75, 3.05) is 12.4 Å². The van der Waals surface area contributed by atoms with Crippen molar-refractivity contribution in [3.63, 3.8) is 0 Å². The minimum atomic E-state index is -0.288. The summed E-state index contributed by atoms with van der Waals surface area (Å²) in [6.07, 6.45) is 3.79.